The summed E-state index contributed by atoms with van der Waals surface area (Å²) >= 11 is 1.09. The van der Waals surface area contributed by atoms with Crippen molar-refractivity contribution in [2.75, 3.05) is 32.1 Å². The standard InChI is InChI=1S/C13H29NO5SSi/c1-5-17-21(18-6-2,19-7-3)10-8-9-14-13(16)20-11-12(4)15/h12,15H,5-11H2,1-4H3,(H,14,16). The number of aliphatic hydroxyl groups excluding tert-OH is 1. The number of rotatable bonds is 12. The highest BCUT2D eigenvalue weighted by atomic mass is 32.2. The van der Waals surface area contributed by atoms with Crippen molar-refractivity contribution in [3.63, 3.8) is 0 Å². The number of amides is 1. The van der Waals surface area contributed by atoms with Gasteiger partial charge in [-0.25, -0.2) is 0 Å². The summed E-state index contributed by atoms with van der Waals surface area (Å²) in [6.45, 7) is 9.66. The molecule has 126 valence electrons. The van der Waals surface area contributed by atoms with E-state index < -0.39 is 14.9 Å². The molecule has 0 aliphatic carbocycles. The second-order valence-electron chi connectivity index (χ2n) is 4.46. The van der Waals surface area contributed by atoms with E-state index in [9.17, 15) is 4.79 Å². The first kappa shape index (κ1) is 20.9. The van der Waals surface area contributed by atoms with Gasteiger partial charge in [-0.3, -0.25) is 4.79 Å². The highest BCUT2D eigenvalue weighted by molar-refractivity contribution is 8.13. The molecular formula is C13H29NO5SSi. The highest BCUT2D eigenvalue weighted by Gasteiger charge is 2.39. The quantitative estimate of drug-likeness (QED) is 0.419. The average Bonchev–Trinajstić information content (AvgIpc) is 2.42. The summed E-state index contributed by atoms with van der Waals surface area (Å²) in [5.74, 6) is 0.404. The van der Waals surface area contributed by atoms with Crippen LogP contribution >= 0.6 is 11.8 Å². The van der Waals surface area contributed by atoms with Gasteiger partial charge in [-0.15, -0.1) is 0 Å². The molecule has 0 rings (SSSR count). The van der Waals surface area contributed by atoms with Crippen molar-refractivity contribution in [2.24, 2.45) is 0 Å². The summed E-state index contributed by atoms with van der Waals surface area (Å²) < 4.78 is 17.2. The Morgan fingerprint density at radius 3 is 2.14 bits per heavy atom. The molecule has 6 nitrogen and oxygen atoms in total. The Balaban J connectivity index is 4.09. The molecule has 1 amide bonds. The maximum absolute atomic E-state index is 11.5. The Morgan fingerprint density at radius 2 is 1.71 bits per heavy atom. The molecule has 0 radical (unpaired) electrons. The van der Waals surface area contributed by atoms with Crippen LogP contribution in [0.4, 0.5) is 4.79 Å². The van der Waals surface area contributed by atoms with E-state index in [0.29, 0.717) is 38.2 Å². The van der Waals surface area contributed by atoms with Crippen LogP contribution in [0.25, 0.3) is 0 Å². The molecule has 0 fully saturated rings. The molecule has 0 aromatic carbocycles. The van der Waals surface area contributed by atoms with Crippen LogP contribution < -0.4 is 5.32 Å². The molecule has 0 aliphatic heterocycles. The zero-order chi connectivity index (χ0) is 16.1. The lowest BCUT2D eigenvalue weighted by atomic mass is 10.5. The molecule has 1 unspecified atom stereocenters. The fourth-order valence-corrected chi connectivity index (χ4v) is 4.95. The van der Waals surface area contributed by atoms with Gasteiger partial charge in [0.15, 0.2) is 0 Å². The first-order valence-electron chi connectivity index (χ1n) is 7.50. The summed E-state index contributed by atoms with van der Waals surface area (Å²) in [5.41, 5.74) is 0. The van der Waals surface area contributed by atoms with Crippen molar-refractivity contribution < 1.29 is 23.2 Å². The van der Waals surface area contributed by atoms with E-state index in [-0.39, 0.29) is 5.24 Å². The SMILES string of the molecule is CCO[Si](CCCNC(=O)SCC(C)O)(OCC)OCC. The van der Waals surface area contributed by atoms with E-state index >= 15 is 0 Å². The van der Waals surface area contributed by atoms with Crippen molar-refractivity contribution in [1.29, 1.82) is 0 Å². The molecule has 0 aromatic rings. The number of aliphatic hydroxyl groups is 1. The van der Waals surface area contributed by atoms with E-state index in [2.05, 4.69) is 5.32 Å². The van der Waals surface area contributed by atoms with Gasteiger partial charge in [0.1, 0.15) is 0 Å². The van der Waals surface area contributed by atoms with Crippen molar-refractivity contribution in [2.45, 2.75) is 46.3 Å². The fourth-order valence-electron chi connectivity index (χ4n) is 1.74. The monoisotopic (exact) mass is 339 g/mol. The topological polar surface area (TPSA) is 77.0 Å². The minimum Gasteiger partial charge on any atom is -0.393 e. The predicted octanol–water partition coefficient (Wildman–Crippen LogP) is 2.25. The van der Waals surface area contributed by atoms with Crippen LogP contribution in [0.1, 0.15) is 34.1 Å². The number of thioether (sulfide) groups is 1. The third-order valence-corrected chi connectivity index (χ3v) is 6.68. The molecule has 0 bridgehead atoms. The molecular weight excluding hydrogens is 310 g/mol. The molecule has 0 heterocycles. The lowest BCUT2D eigenvalue weighted by Crippen LogP contribution is -2.46. The van der Waals surface area contributed by atoms with Crippen LogP contribution in [0, 0.1) is 0 Å². The molecule has 8 heteroatoms. The average molecular weight is 340 g/mol. The van der Waals surface area contributed by atoms with Gasteiger partial charge in [0.05, 0.1) is 6.10 Å². The Kier molecular flexibility index (Phi) is 12.4. The van der Waals surface area contributed by atoms with Crippen molar-refractivity contribution in [1.82, 2.24) is 5.32 Å². The lowest BCUT2D eigenvalue weighted by Gasteiger charge is -2.28. The minimum absolute atomic E-state index is 0.118. The maximum atomic E-state index is 11.5. The summed E-state index contributed by atoms with van der Waals surface area (Å²) in [7, 11) is -2.60. The van der Waals surface area contributed by atoms with E-state index in [1.165, 1.54) is 0 Å². The van der Waals surface area contributed by atoms with Crippen LogP contribution in [-0.2, 0) is 13.3 Å². The normalized spacial score (nSPS) is 13.2. The van der Waals surface area contributed by atoms with Crippen LogP contribution in [0.3, 0.4) is 0 Å². The van der Waals surface area contributed by atoms with Gasteiger partial charge in [0.2, 0.25) is 0 Å². The van der Waals surface area contributed by atoms with Gasteiger partial charge in [0.25, 0.3) is 5.24 Å². The zero-order valence-electron chi connectivity index (χ0n) is 13.5. The summed E-state index contributed by atoms with van der Waals surface area (Å²) in [4.78, 5) is 11.5. The summed E-state index contributed by atoms with van der Waals surface area (Å²) in [6.07, 6.45) is 0.266. The van der Waals surface area contributed by atoms with Crippen molar-refractivity contribution in [3.05, 3.63) is 0 Å². The minimum atomic E-state index is -2.60. The molecule has 2 N–H and O–H groups in total. The molecule has 0 saturated carbocycles. The second-order valence-corrected chi connectivity index (χ2v) is 8.18. The number of nitrogens with one attached hydrogen (secondary N) is 1. The molecule has 21 heavy (non-hydrogen) atoms. The van der Waals surface area contributed by atoms with Crippen molar-refractivity contribution in [3.8, 4) is 0 Å². The first-order valence-corrected chi connectivity index (χ1v) is 10.4. The highest BCUT2D eigenvalue weighted by Crippen LogP contribution is 2.18. The zero-order valence-corrected chi connectivity index (χ0v) is 15.3. The third kappa shape index (κ3) is 10.3. The lowest BCUT2D eigenvalue weighted by molar-refractivity contribution is 0.0708. The van der Waals surface area contributed by atoms with Gasteiger partial charge in [-0.1, -0.05) is 11.8 Å². The first-order chi connectivity index (χ1) is 9.99. The number of hydrogen-bond donors (Lipinski definition) is 2. The number of hydrogen-bond acceptors (Lipinski definition) is 6. The molecule has 0 spiro atoms. The fraction of sp³-hybridized carbons (Fsp3) is 0.923. The van der Waals surface area contributed by atoms with Crippen LogP contribution in [-0.4, -0.2) is 57.4 Å². The Bertz CT molecular complexity index is 264. The predicted molar refractivity (Wildman–Crippen MR) is 87.6 cm³/mol. The molecule has 0 aromatic heterocycles. The van der Waals surface area contributed by atoms with E-state index in [1.54, 1.807) is 6.92 Å². The van der Waals surface area contributed by atoms with E-state index in [0.717, 1.165) is 18.2 Å². The Hall–Kier alpha value is -0.123. The Labute approximate surface area is 133 Å². The van der Waals surface area contributed by atoms with Crippen molar-refractivity contribution >= 4 is 25.8 Å². The van der Waals surface area contributed by atoms with Gasteiger partial charge in [-0.05, 0) is 34.1 Å². The number of carbonyl (C=O) groups excluding carboxylic acids is 1. The van der Waals surface area contributed by atoms with Crippen LogP contribution in [0.5, 0.6) is 0 Å². The Morgan fingerprint density at radius 1 is 1.19 bits per heavy atom. The summed E-state index contributed by atoms with van der Waals surface area (Å²) in [5, 5.41) is 11.8. The maximum Gasteiger partial charge on any atom is 0.500 e. The largest absolute Gasteiger partial charge is 0.500 e. The third-order valence-electron chi connectivity index (χ3n) is 2.48. The van der Waals surface area contributed by atoms with Gasteiger partial charge >= 0.3 is 8.80 Å². The van der Waals surface area contributed by atoms with Crippen LogP contribution in [0.2, 0.25) is 6.04 Å². The van der Waals surface area contributed by atoms with Crippen LogP contribution in [0.15, 0.2) is 0 Å². The molecule has 0 aliphatic rings. The second kappa shape index (κ2) is 12.4. The van der Waals surface area contributed by atoms with E-state index in [1.807, 2.05) is 20.8 Å². The van der Waals surface area contributed by atoms with Gasteiger partial charge in [0, 0.05) is 38.2 Å². The van der Waals surface area contributed by atoms with Gasteiger partial charge < -0.3 is 23.7 Å². The smallest absolute Gasteiger partial charge is 0.393 e. The molecule has 0 saturated heterocycles. The van der Waals surface area contributed by atoms with Gasteiger partial charge in [-0.2, -0.15) is 0 Å². The molecule has 1 atom stereocenters. The summed E-state index contributed by atoms with van der Waals surface area (Å²) in [6, 6.07) is 0.684. The number of carbonyl (C=O) groups is 1. The van der Waals surface area contributed by atoms with E-state index in [4.69, 9.17) is 18.4 Å².